The summed E-state index contributed by atoms with van der Waals surface area (Å²) in [6.07, 6.45) is 6.27. The number of anilines is 1. The summed E-state index contributed by atoms with van der Waals surface area (Å²) in [6.45, 7) is 11.9. The fraction of sp³-hybridized carbons (Fsp3) is 0.556. The number of nitrogens with one attached hydrogen (secondary N) is 1. The van der Waals surface area contributed by atoms with Gasteiger partial charge in [-0.1, -0.05) is 38.5 Å². The number of hydrogen-bond donors (Lipinski definition) is 1. The van der Waals surface area contributed by atoms with E-state index >= 15 is 0 Å². The average molecular weight is 453 g/mol. The molecule has 1 aromatic heterocycles. The van der Waals surface area contributed by atoms with E-state index < -0.39 is 0 Å². The van der Waals surface area contributed by atoms with Crippen LogP contribution >= 0.6 is 11.3 Å². The molecule has 172 valence electrons. The number of nitrogens with zero attached hydrogens (tertiary/aromatic N) is 1. The van der Waals surface area contributed by atoms with Crippen LogP contribution in [0.2, 0.25) is 0 Å². The molecular weight excluding hydrogens is 416 g/mol. The van der Waals surface area contributed by atoms with Crippen LogP contribution in [0.4, 0.5) is 5.00 Å². The number of piperidine rings is 1. The molecule has 1 aromatic carbocycles. The molecule has 2 heterocycles. The summed E-state index contributed by atoms with van der Waals surface area (Å²) >= 11 is 1.62. The number of hydrogen-bond acceptors (Lipinski definition) is 3. The molecule has 1 N–H and O–H groups in total. The minimum Gasteiger partial charge on any atom is -0.336 e. The van der Waals surface area contributed by atoms with Crippen LogP contribution in [0.3, 0.4) is 0 Å². The van der Waals surface area contributed by atoms with Gasteiger partial charge in [0.15, 0.2) is 0 Å². The van der Waals surface area contributed by atoms with Crippen LogP contribution in [0.1, 0.15) is 90.1 Å². The lowest BCUT2D eigenvalue weighted by Gasteiger charge is -2.35. The van der Waals surface area contributed by atoms with Gasteiger partial charge in [-0.15, -0.1) is 11.3 Å². The molecule has 4 nitrogen and oxygen atoms in total. The molecule has 1 aliphatic carbocycles. The first-order valence-electron chi connectivity index (χ1n) is 12.0. The summed E-state index contributed by atoms with van der Waals surface area (Å²) < 4.78 is 0. The Balaban J connectivity index is 1.70. The van der Waals surface area contributed by atoms with Crippen molar-refractivity contribution in [2.45, 2.75) is 79.2 Å². The molecule has 4 rings (SSSR count). The smallest absolute Gasteiger partial charge is 0.257 e. The first-order valence-corrected chi connectivity index (χ1v) is 12.8. The largest absolute Gasteiger partial charge is 0.336 e. The van der Waals surface area contributed by atoms with E-state index in [-0.39, 0.29) is 23.3 Å². The van der Waals surface area contributed by atoms with Gasteiger partial charge in [-0.3, -0.25) is 9.59 Å². The second kappa shape index (κ2) is 9.01. The first kappa shape index (κ1) is 23.0. The molecule has 0 bridgehead atoms. The normalized spacial score (nSPS) is 21.2. The third-order valence-electron chi connectivity index (χ3n) is 7.28. The van der Waals surface area contributed by atoms with Crippen molar-refractivity contribution in [2.75, 3.05) is 11.9 Å². The summed E-state index contributed by atoms with van der Waals surface area (Å²) in [4.78, 5) is 30.2. The van der Waals surface area contributed by atoms with Crippen LogP contribution < -0.4 is 5.32 Å². The highest BCUT2D eigenvalue weighted by Crippen LogP contribution is 2.45. The molecular formula is C27H36N2O2S. The lowest BCUT2D eigenvalue weighted by molar-refractivity contribution is 0.0635. The summed E-state index contributed by atoms with van der Waals surface area (Å²) in [5, 5.41) is 3.87. The molecule has 5 heteroatoms. The SMILES string of the molecule is Cc1cccc(C(=O)Nc2sc3c(c2C(=O)N2CCCCC2C)CCC(C(C)(C)C)C3)c1. The number of benzene rings is 1. The maximum Gasteiger partial charge on any atom is 0.257 e. The summed E-state index contributed by atoms with van der Waals surface area (Å²) in [5.41, 5.74) is 3.85. The van der Waals surface area contributed by atoms with E-state index in [0.717, 1.165) is 54.8 Å². The topological polar surface area (TPSA) is 49.4 Å². The fourth-order valence-corrected chi connectivity index (χ4v) is 6.46. The fourth-order valence-electron chi connectivity index (χ4n) is 5.14. The number of aryl methyl sites for hydroxylation is 1. The number of carbonyl (C=O) groups excluding carboxylic acids is 2. The zero-order chi connectivity index (χ0) is 23.0. The summed E-state index contributed by atoms with van der Waals surface area (Å²) in [6, 6.07) is 7.86. The molecule has 2 aromatic rings. The number of fused-ring (bicyclic) bond motifs is 1. The number of amides is 2. The lowest BCUT2D eigenvalue weighted by Crippen LogP contribution is -2.42. The molecule has 0 saturated carbocycles. The third kappa shape index (κ3) is 4.63. The Bertz CT molecular complexity index is 1020. The zero-order valence-corrected chi connectivity index (χ0v) is 20.9. The van der Waals surface area contributed by atoms with Crippen molar-refractivity contribution in [1.82, 2.24) is 4.90 Å². The Hall–Kier alpha value is -2.14. The summed E-state index contributed by atoms with van der Waals surface area (Å²) in [7, 11) is 0. The van der Waals surface area contributed by atoms with E-state index in [4.69, 9.17) is 0 Å². The van der Waals surface area contributed by atoms with Crippen molar-refractivity contribution in [3.63, 3.8) is 0 Å². The van der Waals surface area contributed by atoms with Gasteiger partial charge in [0.1, 0.15) is 5.00 Å². The molecule has 1 saturated heterocycles. The maximum atomic E-state index is 13.8. The number of carbonyl (C=O) groups is 2. The van der Waals surface area contributed by atoms with Gasteiger partial charge in [0.05, 0.1) is 5.56 Å². The Labute approximate surface area is 196 Å². The average Bonchev–Trinajstić information content (AvgIpc) is 3.10. The highest BCUT2D eigenvalue weighted by atomic mass is 32.1. The molecule has 2 aliphatic rings. The Morgan fingerprint density at radius 2 is 1.94 bits per heavy atom. The van der Waals surface area contributed by atoms with E-state index in [0.29, 0.717) is 11.5 Å². The quantitative estimate of drug-likeness (QED) is 0.580. The highest BCUT2D eigenvalue weighted by Gasteiger charge is 2.36. The van der Waals surface area contributed by atoms with Crippen molar-refractivity contribution in [2.24, 2.45) is 11.3 Å². The van der Waals surface area contributed by atoms with Gasteiger partial charge in [0, 0.05) is 23.0 Å². The van der Waals surface area contributed by atoms with Crippen LogP contribution in [0.5, 0.6) is 0 Å². The van der Waals surface area contributed by atoms with Gasteiger partial charge in [-0.05, 0) is 81.4 Å². The monoisotopic (exact) mass is 452 g/mol. The molecule has 1 fully saturated rings. The second-order valence-electron chi connectivity index (χ2n) is 10.7. The first-order chi connectivity index (χ1) is 15.1. The van der Waals surface area contributed by atoms with E-state index in [9.17, 15) is 9.59 Å². The van der Waals surface area contributed by atoms with Gasteiger partial charge in [0.2, 0.25) is 0 Å². The van der Waals surface area contributed by atoms with Crippen molar-refractivity contribution >= 4 is 28.2 Å². The van der Waals surface area contributed by atoms with Crippen LogP contribution in [0, 0.1) is 18.3 Å². The number of thiophene rings is 1. The number of likely N-dealkylation sites (tertiary alicyclic amines) is 1. The maximum absolute atomic E-state index is 13.8. The molecule has 0 spiro atoms. The Morgan fingerprint density at radius 1 is 1.16 bits per heavy atom. The van der Waals surface area contributed by atoms with E-state index in [2.05, 4.69) is 33.0 Å². The van der Waals surface area contributed by atoms with E-state index in [1.165, 1.54) is 16.9 Å². The zero-order valence-electron chi connectivity index (χ0n) is 20.1. The van der Waals surface area contributed by atoms with Crippen molar-refractivity contribution in [3.05, 3.63) is 51.4 Å². The van der Waals surface area contributed by atoms with Gasteiger partial charge in [0.25, 0.3) is 11.8 Å². The molecule has 1 aliphatic heterocycles. The van der Waals surface area contributed by atoms with Crippen molar-refractivity contribution in [3.8, 4) is 0 Å². The Kier molecular flexibility index (Phi) is 6.49. The van der Waals surface area contributed by atoms with E-state index in [1.54, 1.807) is 11.3 Å². The Morgan fingerprint density at radius 3 is 2.62 bits per heavy atom. The van der Waals surface area contributed by atoms with Gasteiger partial charge >= 0.3 is 0 Å². The van der Waals surface area contributed by atoms with Gasteiger partial charge < -0.3 is 10.2 Å². The van der Waals surface area contributed by atoms with Crippen LogP contribution in [0.25, 0.3) is 0 Å². The number of rotatable bonds is 3. The predicted octanol–water partition coefficient (Wildman–Crippen LogP) is 6.47. The lowest BCUT2D eigenvalue weighted by atomic mass is 9.72. The van der Waals surface area contributed by atoms with Gasteiger partial charge in [-0.2, -0.15) is 0 Å². The predicted molar refractivity (Wildman–Crippen MR) is 133 cm³/mol. The minimum absolute atomic E-state index is 0.100. The summed E-state index contributed by atoms with van der Waals surface area (Å²) in [5.74, 6) is 0.551. The molecule has 2 atom stereocenters. The molecule has 2 amide bonds. The third-order valence-corrected chi connectivity index (χ3v) is 8.44. The standard InChI is InChI=1S/C27H36N2O2S/c1-17-9-8-11-19(15-17)24(30)28-25-23(26(31)29-14-7-6-10-18(29)2)21-13-12-20(27(3,4)5)16-22(21)32-25/h8-9,11,15,18,20H,6-7,10,12-14,16H2,1-5H3,(H,28,30). The van der Waals surface area contributed by atoms with Crippen LogP contribution in [-0.4, -0.2) is 29.3 Å². The van der Waals surface area contributed by atoms with Crippen LogP contribution in [0.15, 0.2) is 24.3 Å². The van der Waals surface area contributed by atoms with Crippen LogP contribution in [-0.2, 0) is 12.8 Å². The second-order valence-corrected chi connectivity index (χ2v) is 11.8. The van der Waals surface area contributed by atoms with Gasteiger partial charge in [-0.25, -0.2) is 0 Å². The van der Waals surface area contributed by atoms with Crippen molar-refractivity contribution < 1.29 is 9.59 Å². The highest BCUT2D eigenvalue weighted by molar-refractivity contribution is 7.17. The molecule has 2 unspecified atom stereocenters. The van der Waals surface area contributed by atoms with E-state index in [1.807, 2.05) is 36.1 Å². The van der Waals surface area contributed by atoms with Crippen molar-refractivity contribution in [1.29, 1.82) is 0 Å². The molecule has 32 heavy (non-hydrogen) atoms. The minimum atomic E-state index is -0.139. The molecule has 0 radical (unpaired) electrons.